The Kier molecular flexibility index (Phi) is 8.51. The summed E-state index contributed by atoms with van der Waals surface area (Å²) in [5.74, 6) is -0.0291. The first kappa shape index (κ1) is 30.0. The Morgan fingerprint density at radius 2 is 1.91 bits per heavy atom. The Morgan fingerprint density at radius 1 is 1.07 bits per heavy atom. The van der Waals surface area contributed by atoms with Crippen molar-refractivity contribution in [1.29, 1.82) is 0 Å². The van der Waals surface area contributed by atoms with Crippen LogP contribution < -0.4 is 19.1 Å². The first-order valence-corrected chi connectivity index (χ1v) is 16.0. The Morgan fingerprint density at radius 3 is 2.70 bits per heavy atom. The van der Waals surface area contributed by atoms with Crippen LogP contribution in [0, 0.1) is 0 Å². The molecule has 1 aromatic heterocycles. The zero-order valence-corrected chi connectivity index (χ0v) is 26.3. The lowest BCUT2D eigenvalue weighted by atomic mass is 9.94. The van der Waals surface area contributed by atoms with Crippen LogP contribution in [-0.2, 0) is 16.0 Å². The van der Waals surface area contributed by atoms with Gasteiger partial charge in [0.05, 0.1) is 35.0 Å². The number of Topliss-reactive ketones (excluding diaryl/α,β-unsaturated/α-hetero) is 1. The number of anilines is 1. The number of thiazole rings is 1. The van der Waals surface area contributed by atoms with E-state index >= 15 is 0 Å². The number of halogens is 1. The zero-order valence-electron chi connectivity index (χ0n) is 24.8. The number of benzene rings is 3. The first-order chi connectivity index (χ1) is 21.3. The van der Waals surface area contributed by atoms with Gasteiger partial charge in [0, 0.05) is 17.0 Å². The lowest BCUT2D eigenvalue weighted by molar-refractivity contribution is -0.132. The second-order valence-corrected chi connectivity index (χ2v) is 12.4. The van der Waals surface area contributed by atoms with Crippen molar-refractivity contribution in [3.63, 3.8) is 0 Å². The second kappa shape index (κ2) is 12.5. The summed E-state index contributed by atoms with van der Waals surface area (Å²) in [5, 5.41) is 12.6. The average Bonchev–Trinajstić information content (AvgIpc) is 3.67. The molecule has 3 aromatic carbocycles. The van der Waals surface area contributed by atoms with E-state index in [0.29, 0.717) is 57.9 Å². The number of amides is 1. The highest BCUT2D eigenvalue weighted by Gasteiger charge is 2.48. The minimum absolute atomic E-state index is 0.0141. The van der Waals surface area contributed by atoms with Crippen LogP contribution in [0.4, 0.5) is 5.13 Å². The van der Waals surface area contributed by atoms with E-state index in [1.54, 1.807) is 48.5 Å². The van der Waals surface area contributed by atoms with Crippen LogP contribution in [-0.4, -0.2) is 41.1 Å². The van der Waals surface area contributed by atoms with Crippen LogP contribution in [0.25, 0.3) is 16.0 Å². The van der Waals surface area contributed by atoms with Crippen molar-refractivity contribution in [2.75, 3.05) is 18.1 Å². The number of fused-ring (bicyclic) bond motifs is 2. The van der Waals surface area contributed by atoms with Crippen LogP contribution in [0.3, 0.4) is 0 Å². The summed E-state index contributed by atoms with van der Waals surface area (Å²) in [5.41, 5.74) is 2.55. The normalized spacial score (nSPS) is 19.0. The Balaban J connectivity index is 1.49. The van der Waals surface area contributed by atoms with Crippen molar-refractivity contribution in [3.8, 4) is 17.2 Å². The van der Waals surface area contributed by atoms with Crippen molar-refractivity contribution in [1.82, 2.24) is 4.98 Å². The van der Waals surface area contributed by atoms with E-state index in [0.717, 1.165) is 35.3 Å². The zero-order chi connectivity index (χ0) is 31.0. The monoisotopic (exact) mass is 632 g/mol. The minimum atomic E-state index is -0.970. The Bertz CT molecular complexity index is 1780. The maximum absolute atomic E-state index is 13.8. The molecule has 2 aliphatic heterocycles. The standard InChI is InChI=1S/C34H33ClN2O6S/c1-4-6-7-14-42-26-13-8-20(17-27(26)41-5-2)30-29(31(38)21-9-12-25-22(16-21)15-19(3)43-25)32(39)33(40)37(30)34-36-24-11-10-23(35)18-28(24)44-34/h8-13,16-19,30,38H,4-7,14-15H2,1-3H3/t19-,30+/m0/s1. The molecule has 1 N–H and O–H groups in total. The number of hydrogen-bond donors (Lipinski definition) is 1. The number of ketones is 1. The van der Waals surface area contributed by atoms with Crippen LogP contribution in [0.1, 0.15) is 62.8 Å². The molecule has 1 amide bonds. The fourth-order valence-electron chi connectivity index (χ4n) is 5.68. The molecule has 0 spiro atoms. The van der Waals surface area contributed by atoms with Crippen LogP contribution in [0.5, 0.6) is 17.2 Å². The molecule has 228 valence electrons. The predicted octanol–water partition coefficient (Wildman–Crippen LogP) is 7.87. The molecule has 2 aliphatic rings. The van der Waals surface area contributed by atoms with E-state index in [4.69, 9.17) is 25.8 Å². The van der Waals surface area contributed by atoms with E-state index in [1.807, 2.05) is 19.9 Å². The van der Waals surface area contributed by atoms with Gasteiger partial charge in [-0.2, -0.15) is 0 Å². The van der Waals surface area contributed by atoms with Crippen molar-refractivity contribution in [2.45, 2.75) is 58.6 Å². The van der Waals surface area contributed by atoms with Crippen molar-refractivity contribution in [2.24, 2.45) is 0 Å². The average molecular weight is 633 g/mol. The predicted molar refractivity (Wildman–Crippen MR) is 172 cm³/mol. The van der Waals surface area contributed by atoms with Crippen molar-refractivity contribution in [3.05, 3.63) is 81.9 Å². The molecule has 0 bridgehead atoms. The van der Waals surface area contributed by atoms with E-state index in [-0.39, 0.29) is 17.4 Å². The number of carbonyl (C=O) groups is 2. The molecule has 0 saturated carbocycles. The van der Waals surface area contributed by atoms with Gasteiger partial charge in [-0.1, -0.05) is 48.8 Å². The van der Waals surface area contributed by atoms with Crippen LogP contribution >= 0.6 is 22.9 Å². The second-order valence-electron chi connectivity index (χ2n) is 10.9. The SMILES string of the molecule is CCCCCOc1ccc([C@@H]2C(=C(O)c3ccc4c(c3)C[C@H](C)O4)C(=O)C(=O)N2c2nc3ccc(Cl)cc3s2)cc1OCC. The summed E-state index contributed by atoms with van der Waals surface area (Å²) < 4.78 is 18.6. The Labute approximate surface area is 264 Å². The summed E-state index contributed by atoms with van der Waals surface area (Å²) in [6, 6.07) is 15.0. The Hall–Kier alpha value is -4.08. The van der Waals surface area contributed by atoms with E-state index < -0.39 is 17.7 Å². The van der Waals surface area contributed by atoms with E-state index in [2.05, 4.69) is 11.9 Å². The number of aliphatic hydroxyl groups excluding tert-OH is 1. The number of rotatable bonds is 10. The van der Waals surface area contributed by atoms with Gasteiger partial charge >= 0.3 is 5.91 Å². The van der Waals surface area contributed by atoms with E-state index in [9.17, 15) is 14.7 Å². The van der Waals surface area contributed by atoms with Gasteiger partial charge in [-0.05, 0) is 79.9 Å². The maximum Gasteiger partial charge on any atom is 0.301 e. The maximum atomic E-state index is 13.8. The van der Waals surface area contributed by atoms with Gasteiger partial charge < -0.3 is 19.3 Å². The van der Waals surface area contributed by atoms with Crippen LogP contribution in [0.15, 0.2) is 60.2 Å². The molecule has 1 saturated heterocycles. The number of carbonyl (C=O) groups excluding carboxylic acids is 2. The molecule has 0 radical (unpaired) electrons. The highest BCUT2D eigenvalue weighted by atomic mass is 35.5. The molecule has 10 heteroatoms. The summed E-state index contributed by atoms with van der Waals surface area (Å²) in [7, 11) is 0. The molecule has 4 aromatic rings. The third-order valence-electron chi connectivity index (χ3n) is 7.75. The number of aliphatic hydroxyl groups is 1. The number of hydrogen-bond acceptors (Lipinski definition) is 8. The third-order valence-corrected chi connectivity index (χ3v) is 9.00. The number of nitrogens with zero attached hydrogens (tertiary/aromatic N) is 2. The third kappa shape index (κ3) is 5.62. The van der Waals surface area contributed by atoms with Gasteiger partial charge in [-0.3, -0.25) is 14.5 Å². The molecule has 8 nitrogen and oxygen atoms in total. The van der Waals surface area contributed by atoms with Crippen molar-refractivity contribution >= 4 is 55.7 Å². The fourth-order valence-corrected chi connectivity index (χ4v) is 6.94. The quantitative estimate of drug-likeness (QED) is 0.0822. The van der Waals surface area contributed by atoms with Gasteiger partial charge in [0.15, 0.2) is 16.6 Å². The topological polar surface area (TPSA) is 98.2 Å². The van der Waals surface area contributed by atoms with Crippen molar-refractivity contribution < 1.29 is 28.9 Å². The molecule has 0 aliphatic carbocycles. The molecule has 2 atom stereocenters. The number of aromatic nitrogens is 1. The highest BCUT2D eigenvalue weighted by Crippen LogP contribution is 2.46. The van der Waals surface area contributed by atoms with Gasteiger partial charge in [0.1, 0.15) is 17.6 Å². The molecular formula is C34H33ClN2O6S. The largest absolute Gasteiger partial charge is 0.507 e. The van der Waals surface area contributed by atoms with Crippen LogP contribution in [0.2, 0.25) is 5.02 Å². The molecular weight excluding hydrogens is 600 g/mol. The lowest BCUT2D eigenvalue weighted by Crippen LogP contribution is -2.29. The van der Waals surface area contributed by atoms with Gasteiger partial charge in [-0.15, -0.1) is 0 Å². The molecule has 6 rings (SSSR count). The summed E-state index contributed by atoms with van der Waals surface area (Å²) in [4.78, 5) is 33.6. The van der Waals surface area contributed by atoms with Gasteiger partial charge in [-0.25, -0.2) is 4.98 Å². The van der Waals surface area contributed by atoms with Gasteiger partial charge in [0.25, 0.3) is 5.78 Å². The van der Waals surface area contributed by atoms with E-state index in [1.165, 1.54) is 16.2 Å². The minimum Gasteiger partial charge on any atom is -0.507 e. The number of unbranched alkanes of at least 4 members (excludes halogenated alkanes) is 2. The lowest BCUT2D eigenvalue weighted by Gasteiger charge is -2.24. The molecule has 0 unspecified atom stereocenters. The highest BCUT2D eigenvalue weighted by molar-refractivity contribution is 7.22. The fraction of sp³-hybridized carbons (Fsp3) is 0.324. The summed E-state index contributed by atoms with van der Waals surface area (Å²) in [6.07, 6.45) is 3.74. The van der Waals surface area contributed by atoms with Gasteiger partial charge in [0.2, 0.25) is 0 Å². The molecule has 44 heavy (non-hydrogen) atoms. The molecule has 3 heterocycles. The summed E-state index contributed by atoms with van der Waals surface area (Å²) in [6.45, 7) is 6.92. The smallest absolute Gasteiger partial charge is 0.301 e. The molecule has 1 fully saturated rings. The summed E-state index contributed by atoms with van der Waals surface area (Å²) >= 11 is 7.48. The first-order valence-electron chi connectivity index (χ1n) is 14.9. The number of ether oxygens (including phenoxy) is 3.